The van der Waals surface area contributed by atoms with Crippen molar-refractivity contribution >= 4 is 11.9 Å². The van der Waals surface area contributed by atoms with Crippen LogP contribution in [0.25, 0.3) is 0 Å². The Morgan fingerprint density at radius 1 is 1.23 bits per heavy atom. The van der Waals surface area contributed by atoms with Gasteiger partial charge in [0.2, 0.25) is 0 Å². The van der Waals surface area contributed by atoms with Gasteiger partial charge in [-0.2, -0.15) is 0 Å². The third-order valence-electron chi connectivity index (χ3n) is 4.27. The van der Waals surface area contributed by atoms with Crippen LogP contribution in [0.3, 0.4) is 0 Å². The smallest absolute Gasteiger partial charge is 0.251 e. The molecule has 144 valence electrons. The van der Waals surface area contributed by atoms with Crippen molar-refractivity contribution in [2.75, 3.05) is 39.3 Å². The van der Waals surface area contributed by atoms with Crippen molar-refractivity contribution in [3.8, 4) is 5.75 Å². The van der Waals surface area contributed by atoms with Gasteiger partial charge in [-0.3, -0.25) is 9.79 Å². The van der Waals surface area contributed by atoms with Gasteiger partial charge in [-0.05, 0) is 51.0 Å². The lowest BCUT2D eigenvalue weighted by molar-refractivity contribution is 0.0264. The van der Waals surface area contributed by atoms with Crippen LogP contribution in [0.1, 0.15) is 37.0 Å². The first kappa shape index (κ1) is 20.0. The fraction of sp³-hybridized carbons (Fsp3) is 0.579. The minimum absolute atomic E-state index is 0.148. The van der Waals surface area contributed by atoms with Crippen LogP contribution in [0.15, 0.2) is 29.3 Å². The Bertz CT molecular complexity index is 581. The number of aliphatic imine (C=N–C) groups is 1. The predicted molar refractivity (Wildman–Crippen MR) is 103 cm³/mol. The Balaban J connectivity index is 1.79. The summed E-state index contributed by atoms with van der Waals surface area (Å²) in [7, 11) is 0. The van der Waals surface area contributed by atoms with E-state index in [1.165, 1.54) is 12.1 Å². The number of hydrogen-bond donors (Lipinski definition) is 3. The average Bonchev–Trinajstić information content (AvgIpc) is 2.65. The number of aromatic hydroxyl groups is 1. The Morgan fingerprint density at radius 3 is 2.54 bits per heavy atom. The lowest BCUT2D eigenvalue weighted by Crippen LogP contribution is -2.47. The molecule has 3 N–H and O–H groups in total. The second-order valence-electron chi connectivity index (χ2n) is 6.18. The molecule has 0 spiro atoms. The summed E-state index contributed by atoms with van der Waals surface area (Å²) in [5.74, 6) is 0.874. The largest absolute Gasteiger partial charge is 0.508 e. The molecule has 1 amide bonds. The summed E-state index contributed by atoms with van der Waals surface area (Å²) in [5, 5.41) is 15.4. The lowest BCUT2D eigenvalue weighted by Gasteiger charge is -2.34. The first-order valence-electron chi connectivity index (χ1n) is 9.36. The van der Waals surface area contributed by atoms with Gasteiger partial charge in [-0.1, -0.05) is 0 Å². The lowest BCUT2D eigenvalue weighted by atomic mass is 10.1. The van der Waals surface area contributed by atoms with Gasteiger partial charge in [0, 0.05) is 38.3 Å². The Labute approximate surface area is 155 Å². The fourth-order valence-corrected chi connectivity index (χ4v) is 2.94. The van der Waals surface area contributed by atoms with Gasteiger partial charge < -0.3 is 25.4 Å². The van der Waals surface area contributed by atoms with Gasteiger partial charge in [-0.25, -0.2) is 0 Å². The summed E-state index contributed by atoms with van der Waals surface area (Å²) in [5.41, 5.74) is 0.525. The van der Waals surface area contributed by atoms with Crippen LogP contribution in [0.5, 0.6) is 5.75 Å². The molecule has 1 saturated heterocycles. The number of piperidine rings is 1. The van der Waals surface area contributed by atoms with E-state index in [-0.39, 0.29) is 11.7 Å². The number of rotatable bonds is 7. The van der Waals surface area contributed by atoms with E-state index in [0.29, 0.717) is 24.8 Å². The second kappa shape index (κ2) is 10.7. The number of nitrogens with zero attached hydrogens (tertiary/aromatic N) is 2. The topological polar surface area (TPSA) is 86.2 Å². The summed E-state index contributed by atoms with van der Waals surface area (Å²) < 4.78 is 5.70. The molecule has 2 rings (SSSR count). The van der Waals surface area contributed by atoms with E-state index in [1.807, 2.05) is 6.92 Å². The SMILES string of the molecule is CCNC(=NCCNC(=O)c1ccc(O)cc1)N1CCC(OCC)CC1. The zero-order valence-electron chi connectivity index (χ0n) is 15.7. The van der Waals surface area contributed by atoms with Crippen molar-refractivity contribution in [2.45, 2.75) is 32.8 Å². The number of likely N-dealkylation sites (tertiary alicyclic amines) is 1. The number of carbonyl (C=O) groups excluding carboxylic acids is 1. The number of carbonyl (C=O) groups is 1. The van der Waals surface area contributed by atoms with Gasteiger partial charge in [0.05, 0.1) is 12.6 Å². The molecule has 0 unspecified atom stereocenters. The maximum atomic E-state index is 12.0. The molecule has 1 aliphatic rings. The zero-order chi connectivity index (χ0) is 18.8. The molecule has 1 aromatic carbocycles. The zero-order valence-corrected chi connectivity index (χ0v) is 15.7. The van der Waals surface area contributed by atoms with E-state index in [2.05, 4.69) is 27.4 Å². The number of benzene rings is 1. The van der Waals surface area contributed by atoms with Crippen LogP contribution in [0.4, 0.5) is 0 Å². The van der Waals surface area contributed by atoms with E-state index < -0.39 is 0 Å². The fourth-order valence-electron chi connectivity index (χ4n) is 2.94. The minimum Gasteiger partial charge on any atom is -0.508 e. The molecular weight excluding hydrogens is 332 g/mol. The van der Waals surface area contributed by atoms with Crippen LogP contribution >= 0.6 is 0 Å². The summed E-state index contributed by atoms with van der Waals surface area (Å²) in [6.45, 7) is 8.48. The summed E-state index contributed by atoms with van der Waals surface area (Å²) >= 11 is 0. The monoisotopic (exact) mass is 362 g/mol. The maximum absolute atomic E-state index is 12.0. The van der Waals surface area contributed by atoms with Gasteiger partial charge >= 0.3 is 0 Å². The normalized spacial score (nSPS) is 15.8. The number of nitrogens with one attached hydrogen (secondary N) is 2. The molecule has 0 saturated carbocycles. The Hall–Kier alpha value is -2.28. The first-order valence-corrected chi connectivity index (χ1v) is 9.36. The molecule has 7 nitrogen and oxygen atoms in total. The first-order chi connectivity index (χ1) is 12.6. The third kappa shape index (κ3) is 6.22. The van der Waals surface area contributed by atoms with Crippen LogP contribution in [0.2, 0.25) is 0 Å². The Kier molecular flexibility index (Phi) is 8.21. The number of amides is 1. The molecule has 0 atom stereocenters. The molecule has 7 heteroatoms. The molecule has 26 heavy (non-hydrogen) atoms. The van der Waals surface area contributed by atoms with E-state index in [4.69, 9.17) is 4.74 Å². The van der Waals surface area contributed by atoms with Crippen molar-refractivity contribution in [3.05, 3.63) is 29.8 Å². The molecule has 0 aromatic heterocycles. The van der Waals surface area contributed by atoms with E-state index in [1.54, 1.807) is 12.1 Å². The number of hydrogen-bond acceptors (Lipinski definition) is 4. The highest BCUT2D eigenvalue weighted by molar-refractivity contribution is 5.94. The summed E-state index contributed by atoms with van der Waals surface area (Å²) in [6, 6.07) is 6.20. The van der Waals surface area contributed by atoms with E-state index >= 15 is 0 Å². The quantitative estimate of drug-likeness (QED) is 0.390. The highest BCUT2D eigenvalue weighted by Crippen LogP contribution is 2.13. The number of guanidine groups is 1. The van der Waals surface area contributed by atoms with Crippen molar-refractivity contribution in [3.63, 3.8) is 0 Å². The van der Waals surface area contributed by atoms with Crippen LogP contribution in [-0.2, 0) is 4.74 Å². The standard InChI is InChI=1S/C19H30N4O3/c1-3-20-19(23-13-9-17(10-14-23)26-4-2)22-12-11-21-18(25)15-5-7-16(24)8-6-15/h5-8,17,24H,3-4,9-14H2,1-2H3,(H,20,22)(H,21,25). The van der Waals surface area contributed by atoms with Crippen LogP contribution in [0, 0.1) is 0 Å². The third-order valence-corrected chi connectivity index (χ3v) is 4.27. The van der Waals surface area contributed by atoms with E-state index in [0.717, 1.165) is 45.0 Å². The van der Waals surface area contributed by atoms with Crippen molar-refractivity contribution in [2.24, 2.45) is 4.99 Å². The van der Waals surface area contributed by atoms with Crippen LogP contribution in [-0.4, -0.2) is 67.3 Å². The number of ether oxygens (including phenoxy) is 1. The minimum atomic E-state index is -0.164. The maximum Gasteiger partial charge on any atom is 0.251 e. The molecule has 1 aliphatic heterocycles. The van der Waals surface area contributed by atoms with Crippen molar-refractivity contribution < 1.29 is 14.6 Å². The average molecular weight is 362 g/mol. The highest BCUT2D eigenvalue weighted by atomic mass is 16.5. The van der Waals surface area contributed by atoms with Crippen molar-refractivity contribution in [1.82, 2.24) is 15.5 Å². The summed E-state index contributed by atoms with van der Waals surface area (Å²) in [4.78, 5) is 18.9. The predicted octanol–water partition coefficient (Wildman–Crippen LogP) is 1.59. The molecule has 1 heterocycles. The molecule has 0 bridgehead atoms. The summed E-state index contributed by atoms with van der Waals surface area (Å²) in [6.07, 6.45) is 2.37. The van der Waals surface area contributed by atoms with Crippen LogP contribution < -0.4 is 10.6 Å². The molecule has 0 radical (unpaired) electrons. The number of phenolic OH excluding ortho intramolecular Hbond substituents is 1. The number of phenols is 1. The molecule has 1 aromatic rings. The van der Waals surface area contributed by atoms with Crippen molar-refractivity contribution in [1.29, 1.82) is 0 Å². The molecule has 0 aliphatic carbocycles. The van der Waals surface area contributed by atoms with Gasteiger partial charge in [0.25, 0.3) is 5.91 Å². The van der Waals surface area contributed by atoms with Gasteiger partial charge in [-0.15, -0.1) is 0 Å². The molecular formula is C19H30N4O3. The second-order valence-corrected chi connectivity index (χ2v) is 6.18. The van der Waals surface area contributed by atoms with Gasteiger partial charge in [0.15, 0.2) is 5.96 Å². The van der Waals surface area contributed by atoms with E-state index in [9.17, 15) is 9.90 Å². The van der Waals surface area contributed by atoms with Gasteiger partial charge in [0.1, 0.15) is 5.75 Å². The highest BCUT2D eigenvalue weighted by Gasteiger charge is 2.21. The molecule has 1 fully saturated rings. The Morgan fingerprint density at radius 2 is 1.92 bits per heavy atom.